The van der Waals surface area contributed by atoms with Crippen molar-refractivity contribution in [2.45, 2.75) is 26.0 Å². The molecule has 164 valence electrons. The van der Waals surface area contributed by atoms with Crippen LogP contribution in [0.1, 0.15) is 23.8 Å². The normalized spacial score (nSPS) is 18.1. The third-order valence-electron chi connectivity index (χ3n) is 5.37. The Kier molecular flexibility index (Phi) is 9.19. The highest BCUT2D eigenvalue weighted by atomic mass is 32.2. The number of allylic oxidation sites excluding steroid dienone is 7. The van der Waals surface area contributed by atoms with Crippen LogP contribution in [-0.4, -0.2) is 48.4 Å². The summed E-state index contributed by atoms with van der Waals surface area (Å²) in [6.45, 7) is 12.2. The van der Waals surface area contributed by atoms with Crippen LogP contribution in [0.3, 0.4) is 0 Å². The zero-order valence-corrected chi connectivity index (χ0v) is 20.2. The van der Waals surface area contributed by atoms with Crippen LogP contribution in [0.5, 0.6) is 0 Å². The van der Waals surface area contributed by atoms with Gasteiger partial charge in [-0.3, -0.25) is 9.69 Å². The molecule has 0 radical (unpaired) electrons. The molecule has 1 aliphatic heterocycles. The number of nitrogens with zero attached hydrogens (tertiary/aromatic N) is 2. The zero-order valence-electron chi connectivity index (χ0n) is 18.5. The van der Waals surface area contributed by atoms with E-state index < -0.39 is 0 Å². The van der Waals surface area contributed by atoms with Gasteiger partial charge in [0.25, 0.3) is 5.91 Å². The molecule has 0 aromatic carbocycles. The predicted molar refractivity (Wildman–Crippen MR) is 136 cm³/mol. The van der Waals surface area contributed by atoms with Crippen molar-refractivity contribution in [3.05, 3.63) is 93.1 Å². The molecule has 2 heterocycles. The van der Waals surface area contributed by atoms with E-state index in [1.54, 1.807) is 29.2 Å². The topological polar surface area (TPSA) is 23.6 Å². The molecule has 2 aliphatic rings. The lowest BCUT2D eigenvalue weighted by atomic mass is 10.1. The summed E-state index contributed by atoms with van der Waals surface area (Å²) in [7, 11) is 0. The lowest BCUT2D eigenvalue weighted by Gasteiger charge is -2.35. The number of aryl methyl sites for hydroxylation is 1. The number of amides is 1. The van der Waals surface area contributed by atoms with Crippen molar-refractivity contribution in [1.29, 1.82) is 0 Å². The Balaban J connectivity index is 1.60. The van der Waals surface area contributed by atoms with Crippen LogP contribution in [0.4, 0.5) is 0 Å². The summed E-state index contributed by atoms with van der Waals surface area (Å²) in [5.41, 5.74) is 3.43. The van der Waals surface area contributed by atoms with Gasteiger partial charge in [-0.1, -0.05) is 49.1 Å². The molecule has 1 aliphatic carbocycles. The SMILES string of the molecule is C=C/C=C\C(C(=O)N1CCN(CC2=CC=CCC=C2)CC1)=C(/C)SCc1csc(C)c1. The van der Waals surface area contributed by atoms with Crippen LogP contribution in [-0.2, 0) is 10.5 Å². The summed E-state index contributed by atoms with van der Waals surface area (Å²) >= 11 is 3.51. The van der Waals surface area contributed by atoms with E-state index in [0.29, 0.717) is 0 Å². The van der Waals surface area contributed by atoms with E-state index in [1.165, 1.54) is 16.0 Å². The number of carbonyl (C=O) groups is 1. The van der Waals surface area contributed by atoms with Crippen molar-refractivity contribution >= 4 is 29.0 Å². The number of rotatable bonds is 8. The summed E-state index contributed by atoms with van der Waals surface area (Å²) in [4.78, 5) is 20.1. The van der Waals surface area contributed by atoms with Crippen molar-refractivity contribution in [3.8, 4) is 0 Å². The summed E-state index contributed by atoms with van der Waals surface area (Å²) in [6.07, 6.45) is 17.4. The number of piperazine rings is 1. The molecule has 31 heavy (non-hydrogen) atoms. The molecule has 1 aromatic rings. The molecular weight excluding hydrogens is 420 g/mol. The van der Waals surface area contributed by atoms with E-state index in [9.17, 15) is 4.79 Å². The van der Waals surface area contributed by atoms with E-state index >= 15 is 0 Å². The van der Waals surface area contributed by atoms with Gasteiger partial charge in [0.2, 0.25) is 0 Å². The molecule has 5 heteroatoms. The third kappa shape index (κ3) is 7.23. The predicted octanol–water partition coefficient (Wildman–Crippen LogP) is 5.89. The second-order valence-corrected chi connectivity index (χ2v) is 10.1. The first-order chi connectivity index (χ1) is 15.1. The van der Waals surface area contributed by atoms with Crippen LogP contribution in [0.2, 0.25) is 0 Å². The summed E-state index contributed by atoms with van der Waals surface area (Å²) in [6, 6.07) is 2.22. The van der Waals surface area contributed by atoms with Crippen molar-refractivity contribution in [2.24, 2.45) is 0 Å². The molecule has 0 N–H and O–H groups in total. The van der Waals surface area contributed by atoms with Crippen molar-refractivity contribution in [3.63, 3.8) is 0 Å². The maximum Gasteiger partial charge on any atom is 0.254 e. The van der Waals surface area contributed by atoms with Crippen LogP contribution in [0.15, 0.2) is 82.7 Å². The van der Waals surface area contributed by atoms with Gasteiger partial charge in [-0.05, 0) is 53.8 Å². The first kappa shape index (κ1) is 23.6. The van der Waals surface area contributed by atoms with Gasteiger partial charge in [-0.15, -0.1) is 23.1 Å². The smallest absolute Gasteiger partial charge is 0.254 e. The molecule has 1 amide bonds. The second kappa shape index (κ2) is 12.1. The fourth-order valence-electron chi connectivity index (χ4n) is 3.61. The average Bonchev–Trinajstić information content (AvgIpc) is 3.02. The highest BCUT2D eigenvalue weighted by Gasteiger charge is 2.24. The van der Waals surface area contributed by atoms with E-state index in [1.807, 2.05) is 17.1 Å². The first-order valence-corrected chi connectivity index (χ1v) is 12.6. The Morgan fingerprint density at radius 2 is 2.06 bits per heavy atom. The minimum Gasteiger partial charge on any atom is -0.336 e. The van der Waals surface area contributed by atoms with Gasteiger partial charge in [0.15, 0.2) is 0 Å². The number of thioether (sulfide) groups is 1. The lowest BCUT2D eigenvalue weighted by Crippen LogP contribution is -2.49. The van der Waals surface area contributed by atoms with Gasteiger partial charge in [0.1, 0.15) is 0 Å². The minimum atomic E-state index is 0.126. The van der Waals surface area contributed by atoms with Crippen molar-refractivity contribution in [1.82, 2.24) is 9.80 Å². The molecule has 0 saturated carbocycles. The Labute approximate surface area is 195 Å². The molecule has 1 saturated heterocycles. The van der Waals surface area contributed by atoms with Gasteiger partial charge < -0.3 is 4.90 Å². The fourth-order valence-corrected chi connectivity index (χ4v) is 5.29. The summed E-state index contributed by atoms with van der Waals surface area (Å²) in [5, 5.41) is 2.20. The minimum absolute atomic E-state index is 0.126. The lowest BCUT2D eigenvalue weighted by molar-refractivity contribution is -0.128. The molecule has 0 atom stereocenters. The number of hydrogen-bond donors (Lipinski definition) is 0. The molecular formula is C26H32N2OS2. The largest absolute Gasteiger partial charge is 0.336 e. The van der Waals surface area contributed by atoms with Crippen LogP contribution in [0, 0.1) is 6.92 Å². The number of hydrogen-bond acceptors (Lipinski definition) is 4. The van der Waals surface area contributed by atoms with Gasteiger partial charge in [-0.2, -0.15) is 0 Å². The van der Waals surface area contributed by atoms with Gasteiger partial charge in [-0.25, -0.2) is 0 Å². The maximum absolute atomic E-state index is 13.3. The Bertz CT molecular complexity index is 925. The first-order valence-electron chi connectivity index (χ1n) is 10.8. The van der Waals surface area contributed by atoms with Crippen LogP contribution in [0.25, 0.3) is 0 Å². The van der Waals surface area contributed by atoms with Crippen LogP contribution < -0.4 is 0 Å². The second-order valence-electron chi connectivity index (χ2n) is 7.80. The Hall–Kier alpha value is -2.08. The van der Waals surface area contributed by atoms with Crippen molar-refractivity contribution in [2.75, 3.05) is 32.7 Å². The van der Waals surface area contributed by atoms with E-state index in [0.717, 1.165) is 55.4 Å². The van der Waals surface area contributed by atoms with E-state index in [-0.39, 0.29) is 5.91 Å². The molecule has 1 fully saturated rings. The Morgan fingerprint density at radius 1 is 1.26 bits per heavy atom. The molecule has 0 spiro atoms. The molecule has 1 aromatic heterocycles. The van der Waals surface area contributed by atoms with Gasteiger partial charge in [0.05, 0.1) is 0 Å². The quantitative estimate of drug-likeness (QED) is 0.363. The fraction of sp³-hybridized carbons (Fsp3) is 0.346. The van der Waals surface area contributed by atoms with Gasteiger partial charge >= 0.3 is 0 Å². The third-order valence-corrected chi connectivity index (χ3v) is 7.41. The summed E-state index contributed by atoms with van der Waals surface area (Å²) < 4.78 is 0. The van der Waals surface area contributed by atoms with E-state index in [4.69, 9.17) is 0 Å². The number of carbonyl (C=O) groups excluding carboxylic acids is 1. The molecule has 3 nitrogen and oxygen atoms in total. The molecule has 3 rings (SSSR count). The monoisotopic (exact) mass is 452 g/mol. The zero-order chi connectivity index (χ0) is 22.1. The highest BCUT2D eigenvalue weighted by Crippen LogP contribution is 2.28. The number of thiophene rings is 1. The van der Waals surface area contributed by atoms with Crippen molar-refractivity contribution < 1.29 is 4.79 Å². The molecule has 0 bridgehead atoms. The Morgan fingerprint density at radius 3 is 2.77 bits per heavy atom. The van der Waals surface area contributed by atoms with Crippen LogP contribution >= 0.6 is 23.1 Å². The molecule has 0 unspecified atom stereocenters. The average molecular weight is 453 g/mol. The van der Waals surface area contributed by atoms with E-state index in [2.05, 4.69) is 67.2 Å². The van der Waals surface area contributed by atoms with Gasteiger partial charge in [0, 0.05) is 48.9 Å². The highest BCUT2D eigenvalue weighted by molar-refractivity contribution is 8.02. The maximum atomic E-state index is 13.3. The summed E-state index contributed by atoms with van der Waals surface area (Å²) in [5.74, 6) is 1.01. The standard InChI is InChI=1S/C26H32N2OS2/c1-4-5-12-25(22(3)31-20-24-17-21(2)30-19-24)26(29)28-15-13-27(14-16-28)18-23-10-8-6-7-9-11-23/h4-6,8-12,17,19H,1,7,13-16,18,20H2,2-3H3/b12-5-,25-22-.